The quantitative estimate of drug-likeness (QED) is 0.429. The largest absolute Gasteiger partial charge is 0.483 e. The Morgan fingerprint density at radius 3 is 2.50 bits per heavy atom. The predicted octanol–water partition coefficient (Wildman–Crippen LogP) is 4.39. The molecule has 11 heteroatoms. The van der Waals surface area contributed by atoms with Crippen molar-refractivity contribution in [3.05, 3.63) is 73.1 Å². The minimum absolute atomic E-state index is 0.0721. The number of carbonyl (C=O) groups excluding carboxylic acids is 3. The normalized spacial score (nSPS) is 22.8. The number of aromatic nitrogens is 1. The van der Waals surface area contributed by atoms with Crippen LogP contribution in [0.3, 0.4) is 0 Å². The minimum atomic E-state index is -0.724. The Morgan fingerprint density at radius 1 is 1.00 bits per heavy atom. The van der Waals surface area contributed by atoms with Gasteiger partial charge in [-0.15, -0.1) is 0 Å². The Balaban J connectivity index is 1.36. The molecular weight excluding hydrogens is 590 g/mol. The van der Waals surface area contributed by atoms with Crippen LogP contribution in [0.4, 0.5) is 5.69 Å². The third kappa shape index (κ3) is 4.50. The van der Waals surface area contributed by atoms with E-state index in [1.54, 1.807) is 30.3 Å². The van der Waals surface area contributed by atoms with Gasteiger partial charge in [0, 0.05) is 33.9 Å². The van der Waals surface area contributed by atoms with Gasteiger partial charge in [0.15, 0.2) is 6.61 Å². The van der Waals surface area contributed by atoms with Gasteiger partial charge in [-0.1, -0.05) is 57.2 Å². The third-order valence-corrected chi connectivity index (χ3v) is 10.2. The number of thioether (sulfide) groups is 1. The highest BCUT2D eigenvalue weighted by Crippen LogP contribution is 2.54. The number of imide groups is 1. The second-order valence-electron chi connectivity index (χ2n) is 9.51. The molecule has 0 saturated carbocycles. The molecule has 1 aromatic heterocycles. The molecule has 4 heterocycles. The summed E-state index contributed by atoms with van der Waals surface area (Å²) in [6.45, 7) is 1.36. The lowest BCUT2D eigenvalue weighted by molar-refractivity contribution is -0.134. The lowest BCUT2D eigenvalue weighted by Gasteiger charge is -2.31. The first kappa shape index (κ1) is 25.4. The van der Waals surface area contributed by atoms with Crippen LogP contribution in [0.15, 0.2) is 62.8 Å². The molecular formula is C27H24BrN3O5S2. The highest BCUT2D eigenvalue weighted by atomic mass is 79.9. The number of amides is 3. The molecule has 3 amide bonds. The van der Waals surface area contributed by atoms with Crippen molar-refractivity contribution >= 4 is 62.4 Å². The molecule has 0 spiro atoms. The van der Waals surface area contributed by atoms with Crippen LogP contribution in [-0.2, 0) is 14.4 Å². The number of carbonyl (C=O) groups is 3. The Bertz CT molecular complexity index is 1460. The van der Waals surface area contributed by atoms with E-state index in [4.69, 9.17) is 4.74 Å². The van der Waals surface area contributed by atoms with Gasteiger partial charge >= 0.3 is 4.87 Å². The molecule has 3 aliphatic heterocycles. The zero-order chi connectivity index (χ0) is 26.4. The summed E-state index contributed by atoms with van der Waals surface area (Å²) < 4.78 is 6.91. The lowest BCUT2D eigenvalue weighted by Crippen LogP contribution is -2.38. The summed E-state index contributed by atoms with van der Waals surface area (Å²) in [6.07, 6.45) is 3.11. The lowest BCUT2D eigenvalue weighted by atomic mass is 9.82. The molecule has 2 aromatic carbocycles. The molecule has 8 nitrogen and oxygen atoms in total. The molecule has 2 fully saturated rings. The third-order valence-electron chi connectivity index (χ3n) is 7.22. The number of H-pyrrole nitrogens is 1. The van der Waals surface area contributed by atoms with E-state index in [1.807, 2.05) is 23.1 Å². The van der Waals surface area contributed by atoms with Gasteiger partial charge in [-0.2, -0.15) is 0 Å². The van der Waals surface area contributed by atoms with Crippen LogP contribution in [0.2, 0.25) is 0 Å². The van der Waals surface area contributed by atoms with Gasteiger partial charge in [0.1, 0.15) is 11.0 Å². The van der Waals surface area contributed by atoms with Crippen LogP contribution in [0.25, 0.3) is 0 Å². The van der Waals surface area contributed by atoms with Crippen molar-refractivity contribution in [1.82, 2.24) is 9.88 Å². The average Bonchev–Trinajstić information content (AvgIpc) is 3.43. The highest BCUT2D eigenvalue weighted by Gasteiger charge is 2.56. The van der Waals surface area contributed by atoms with Crippen molar-refractivity contribution < 1.29 is 19.1 Å². The summed E-state index contributed by atoms with van der Waals surface area (Å²) in [5.41, 5.74) is 1.19. The molecule has 0 aliphatic carbocycles. The van der Waals surface area contributed by atoms with Crippen LogP contribution in [0.5, 0.6) is 5.75 Å². The maximum atomic E-state index is 13.9. The second kappa shape index (κ2) is 10.3. The number of aromatic amines is 1. The number of nitrogens with one attached hydrogen (secondary N) is 1. The Hall–Kier alpha value is -2.89. The number of anilines is 1. The fourth-order valence-electron chi connectivity index (χ4n) is 5.44. The van der Waals surface area contributed by atoms with Crippen molar-refractivity contribution in [2.24, 2.45) is 5.92 Å². The van der Waals surface area contributed by atoms with Crippen molar-refractivity contribution in [3.8, 4) is 5.75 Å². The monoisotopic (exact) mass is 613 g/mol. The Morgan fingerprint density at radius 2 is 1.74 bits per heavy atom. The van der Waals surface area contributed by atoms with Gasteiger partial charge in [-0.3, -0.25) is 19.2 Å². The van der Waals surface area contributed by atoms with Gasteiger partial charge < -0.3 is 14.6 Å². The standard InChI is InChI=1S/C27H24BrN3O5S2/c28-15-8-10-16(11-9-15)31-25(33)21-20(22-24(29-27(35)38-22)37-23(21)26(31)34)17-6-2-3-7-18(17)36-14-19(32)30-12-4-1-5-13-30/h2-3,6-11,20-21,23H,1,4-5,12-14H2,(H,29,35). The first-order valence-corrected chi connectivity index (χ1v) is 14.9. The summed E-state index contributed by atoms with van der Waals surface area (Å²) in [4.78, 5) is 59.1. The summed E-state index contributed by atoms with van der Waals surface area (Å²) in [7, 11) is 0. The number of thiazole rings is 1. The van der Waals surface area contributed by atoms with E-state index in [2.05, 4.69) is 20.9 Å². The van der Waals surface area contributed by atoms with Crippen LogP contribution >= 0.6 is 39.0 Å². The fraction of sp³-hybridized carbons (Fsp3) is 0.333. The number of hydrogen-bond acceptors (Lipinski definition) is 7. The van der Waals surface area contributed by atoms with E-state index < -0.39 is 17.1 Å². The second-order valence-corrected chi connectivity index (χ2v) is 12.6. The number of para-hydroxylation sites is 1. The van der Waals surface area contributed by atoms with E-state index in [1.165, 1.54) is 16.7 Å². The number of piperidine rings is 1. The van der Waals surface area contributed by atoms with Crippen molar-refractivity contribution in [1.29, 1.82) is 0 Å². The molecule has 3 aromatic rings. The number of halogens is 1. The smallest absolute Gasteiger partial charge is 0.305 e. The van der Waals surface area contributed by atoms with E-state index >= 15 is 0 Å². The number of nitrogens with zero attached hydrogens (tertiary/aromatic N) is 2. The van der Waals surface area contributed by atoms with Gasteiger partial charge in [-0.05, 0) is 49.6 Å². The summed E-state index contributed by atoms with van der Waals surface area (Å²) in [6, 6.07) is 14.3. The molecule has 3 aliphatic rings. The Labute approximate surface area is 235 Å². The van der Waals surface area contributed by atoms with Crippen molar-refractivity contribution in [2.45, 2.75) is 35.5 Å². The molecule has 3 unspecified atom stereocenters. The highest BCUT2D eigenvalue weighted by molar-refractivity contribution is 9.10. The molecule has 0 bridgehead atoms. The average molecular weight is 615 g/mol. The van der Waals surface area contributed by atoms with Gasteiger partial charge in [0.05, 0.1) is 16.6 Å². The summed E-state index contributed by atoms with van der Waals surface area (Å²) >= 11 is 5.68. The van der Waals surface area contributed by atoms with Gasteiger partial charge in [0.25, 0.3) is 5.91 Å². The number of fused-ring (bicyclic) bond motifs is 2. The predicted molar refractivity (Wildman–Crippen MR) is 149 cm³/mol. The molecule has 6 rings (SSSR count). The van der Waals surface area contributed by atoms with Crippen LogP contribution in [0.1, 0.15) is 35.6 Å². The van der Waals surface area contributed by atoms with E-state index in [0.29, 0.717) is 26.9 Å². The zero-order valence-corrected chi connectivity index (χ0v) is 23.4. The van der Waals surface area contributed by atoms with Gasteiger partial charge in [-0.25, -0.2) is 4.90 Å². The SMILES string of the molecule is O=C(COc1ccccc1C1c2sc(=O)[nH]c2SC2C(=O)N(c3ccc(Br)cc3)C(=O)C21)N1CCCCC1. The molecule has 1 N–H and O–H groups in total. The molecule has 3 atom stereocenters. The number of rotatable bonds is 5. The number of likely N-dealkylation sites (tertiary alicyclic amines) is 1. The molecule has 2 saturated heterocycles. The van der Waals surface area contributed by atoms with Crippen molar-refractivity contribution in [2.75, 3.05) is 24.6 Å². The van der Waals surface area contributed by atoms with E-state index in [0.717, 1.165) is 48.2 Å². The van der Waals surface area contributed by atoms with E-state index in [9.17, 15) is 19.2 Å². The van der Waals surface area contributed by atoms with Crippen LogP contribution in [0, 0.1) is 5.92 Å². The van der Waals surface area contributed by atoms with Crippen LogP contribution in [-0.4, -0.2) is 52.6 Å². The first-order chi connectivity index (χ1) is 18.4. The topological polar surface area (TPSA) is 99.8 Å². The molecule has 0 radical (unpaired) electrons. The first-order valence-electron chi connectivity index (χ1n) is 12.4. The minimum Gasteiger partial charge on any atom is -0.483 e. The van der Waals surface area contributed by atoms with Crippen molar-refractivity contribution in [3.63, 3.8) is 0 Å². The Kier molecular flexibility index (Phi) is 6.92. The number of ether oxygens (including phenoxy) is 1. The fourth-order valence-corrected chi connectivity index (χ4v) is 8.21. The zero-order valence-electron chi connectivity index (χ0n) is 20.2. The van der Waals surface area contributed by atoms with Gasteiger partial charge in [0.2, 0.25) is 11.8 Å². The number of benzene rings is 2. The maximum absolute atomic E-state index is 13.9. The molecule has 38 heavy (non-hydrogen) atoms. The summed E-state index contributed by atoms with van der Waals surface area (Å²) in [5.74, 6) is -1.52. The maximum Gasteiger partial charge on any atom is 0.305 e. The van der Waals surface area contributed by atoms with Crippen LogP contribution < -0.4 is 14.5 Å². The molecule has 196 valence electrons. The number of hydrogen-bond donors (Lipinski definition) is 1. The summed E-state index contributed by atoms with van der Waals surface area (Å²) in [5, 5.41) is -0.0961. The van der Waals surface area contributed by atoms with E-state index in [-0.39, 0.29) is 29.2 Å².